The van der Waals surface area contributed by atoms with Gasteiger partial charge in [-0.2, -0.15) is 0 Å². The minimum Gasteiger partial charge on any atom is -0.376 e. The van der Waals surface area contributed by atoms with Crippen LogP contribution >= 0.6 is 0 Å². The summed E-state index contributed by atoms with van der Waals surface area (Å²) >= 11 is 0. The van der Waals surface area contributed by atoms with E-state index in [1.165, 1.54) is 12.8 Å². The lowest BCUT2D eigenvalue weighted by Crippen LogP contribution is -2.44. The minimum absolute atomic E-state index is 0.106. The molecule has 1 aliphatic carbocycles. The molecular weight excluding hydrogens is 226 g/mol. The summed E-state index contributed by atoms with van der Waals surface area (Å²) in [7, 11) is 1.82. The van der Waals surface area contributed by atoms with Crippen LogP contribution in [0.2, 0.25) is 0 Å². The number of methoxy groups -OCH3 is 1. The summed E-state index contributed by atoms with van der Waals surface area (Å²) in [6.07, 6.45) is 11.1. The topological polar surface area (TPSA) is 47.0 Å². The third-order valence-electron chi connectivity index (χ3n) is 3.86. The van der Waals surface area contributed by atoms with E-state index in [1.807, 2.05) is 13.3 Å². The second-order valence-electron chi connectivity index (χ2n) is 4.99. The van der Waals surface area contributed by atoms with Crippen molar-refractivity contribution in [1.29, 1.82) is 0 Å². The fourth-order valence-electron chi connectivity index (χ4n) is 2.89. The fraction of sp³-hybridized carbons (Fsp3) is 0.714. The van der Waals surface area contributed by atoms with Crippen LogP contribution in [-0.2, 0) is 4.74 Å². The molecule has 0 saturated heterocycles. The van der Waals surface area contributed by atoms with Gasteiger partial charge in [-0.25, -0.2) is 0 Å². The molecule has 1 aliphatic rings. The first-order valence-corrected chi connectivity index (χ1v) is 6.87. The molecule has 2 rings (SSSR count). The Labute approximate surface area is 109 Å². The fourth-order valence-corrected chi connectivity index (χ4v) is 2.89. The molecule has 1 unspecified atom stereocenters. The van der Waals surface area contributed by atoms with Crippen LogP contribution in [0.1, 0.15) is 50.8 Å². The second kappa shape index (κ2) is 6.25. The van der Waals surface area contributed by atoms with Gasteiger partial charge in [0.05, 0.1) is 23.5 Å². The smallest absolute Gasteiger partial charge is 0.0888 e. The van der Waals surface area contributed by atoms with E-state index in [1.54, 1.807) is 12.4 Å². The van der Waals surface area contributed by atoms with Gasteiger partial charge in [-0.3, -0.25) is 9.97 Å². The van der Waals surface area contributed by atoms with Crippen LogP contribution in [0.4, 0.5) is 0 Å². The Kier molecular flexibility index (Phi) is 4.66. The van der Waals surface area contributed by atoms with E-state index in [9.17, 15) is 0 Å². The molecule has 100 valence electrons. The van der Waals surface area contributed by atoms with Crippen LogP contribution in [0.15, 0.2) is 18.6 Å². The zero-order valence-electron chi connectivity index (χ0n) is 11.4. The van der Waals surface area contributed by atoms with Gasteiger partial charge in [0.25, 0.3) is 0 Å². The Balaban J connectivity index is 2.24. The highest BCUT2D eigenvalue weighted by molar-refractivity contribution is 5.12. The van der Waals surface area contributed by atoms with Crippen molar-refractivity contribution < 1.29 is 4.74 Å². The van der Waals surface area contributed by atoms with E-state index in [4.69, 9.17) is 4.74 Å². The van der Waals surface area contributed by atoms with Crippen molar-refractivity contribution in [2.75, 3.05) is 13.7 Å². The largest absolute Gasteiger partial charge is 0.376 e. The van der Waals surface area contributed by atoms with Crippen molar-refractivity contribution in [1.82, 2.24) is 15.3 Å². The van der Waals surface area contributed by atoms with E-state index in [0.717, 1.165) is 31.5 Å². The first-order chi connectivity index (χ1) is 8.82. The lowest BCUT2D eigenvalue weighted by molar-refractivity contribution is -0.0379. The van der Waals surface area contributed by atoms with Gasteiger partial charge in [0.15, 0.2) is 0 Å². The summed E-state index contributed by atoms with van der Waals surface area (Å²) < 4.78 is 5.88. The molecule has 1 aromatic heterocycles. The van der Waals surface area contributed by atoms with Crippen molar-refractivity contribution >= 4 is 0 Å². The Bertz CT molecular complexity index is 349. The van der Waals surface area contributed by atoms with Crippen LogP contribution in [0, 0.1) is 0 Å². The maximum Gasteiger partial charge on any atom is 0.0888 e. The van der Waals surface area contributed by atoms with E-state index in [0.29, 0.717) is 0 Å². The van der Waals surface area contributed by atoms with Crippen LogP contribution in [0.25, 0.3) is 0 Å². The van der Waals surface area contributed by atoms with E-state index in [2.05, 4.69) is 22.2 Å². The molecule has 1 fully saturated rings. The van der Waals surface area contributed by atoms with Crippen molar-refractivity contribution in [3.63, 3.8) is 0 Å². The Hall–Kier alpha value is -1.00. The first-order valence-electron chi connectivity index (χ1n) is 6.87. The minimum atomic E-state index is -0.106. The quantitative estimate of drug-likeness (QED) is 0.841. The predicted molar refractivity (Wildman–Crippen MR) is 71.3 cm³/mol. The number of hydrogen-bond acceptors (Lipinski definition) is 4. The predicted octanol–water partition coefficient (Wildman–Crippen LogP) is 2.48. The number of ether oxygens (including phenoxy) is 1. The van der Waals surface area contributed by atoms with Crippen LogP contribution in [0.3, 0.4) is 0 Å². The van der Waals surface area contributed by atoms with Gasteiger partial charge in [0.2, 0.25) is 0 Å². The third-order valence-corrected chi connectivity index (χ3v) is 3.86. The van der Waals surface area contributed by atoms with Crippen molar-refractivity contribution in [2.24, 2.45) is 0 Å². The molecule has 1 heterocycles. The van der Waals surface area contributed by atoms with Gasteiger partial charge < -0.3 is 10.1 Å². The molecule has 1 N–H and O–H groups in total. The molecule has 0 radical (unpaired) electrons. The second-order valence-corrected chi connectivity index (χ2v) is 4.99. The highest BCUT2D eigenvalue weighted by atomic mass is 16.5. The van der Waals surface area contributed by atoms with E-state index < -0.39 is 0 Å². The maximum atomic E-state index is 5.88. The lowest BCUT2D eigenvalue weighted by atomic mass is 9.89. The third kappa shape index (κ3) is 2.70. The molecule has 4 nitrogen and oxygen atoms in total. The van der Waals surface area contributed by atoms with Gasteiger partial charge in [0, 0.05) is 19.5 Å². The molecule has 0 amide bonds. The van der Waals surface area contributed by atoms with Crippen molar-refractivity contribution in [3.8, 4) is 0 Å². The number of nitrogens with one attached hydrogen (secondary N) is 1. The summed E-state index contributed by atoms with van der Waals surface area (Å²) in [6, 6.07) is 0.152. The Morgan fingerprint density at radius 1 is 1.39 bits per heavy atom. The molecule has 0 aliphatic heterocycles. The van der Waals surface area contributed by atoms with E-state index >= 15 is 0 Å². The Morgan fingerprint density at radius 2 is 2.17 bits per heavy atom. The molecule has 0 aromatic carbocycles. The summed E-state index contributed by atoms with van der Waals surface area (Å²) in [4.78, 5) is 8.66. The molecule has 1 atom stereocenters. The molecule has 1 aromatic rings. The zero-order valence-corrected chi connectivity index (χ0v) is 11.4. The van der Waals surface area contributed by atoms with Crippen LogP contribution < -0.4 is 5.32 Å². The standard InChI is InChI=1S/C14H23N3O/c1-3-8-17-13(12-11-15-9-10-16-12)14(18-2)6-4-5-7-14/h9-11,13,17H,3-8H2,1-2H3. The van der Waals surface area contributed by atoms with E-state index in [-0.39, 0.29) is 11.6 Å². The first kappa shape index (κ1) is 13.4. The normalized spacial score (nSPS) is 19.9. The molecule has 0 spiro atoms. The summed E-state index contributed by atoms with van der Waals surface area (Å²) in [5.74, 6) is 0. The molecule has 1 saturated carbocycles. The molecule has 0 bridgehead atoms. The number of aromatic nitrogens is 2. The van der Waals surface area contributed by atoms with Crippen molar-refractivity contribution in [2.45, 2.75) is 50.7 Å². The van der Waals surface area contributed by atoms with Gasteiger partial charge in [-0.1, -0.05) is 19.8 Å². The van der Waals surface area contributed by atoms with Gasteiger partial charge >= 0.3 is 0 Å². The summed E-state index contributed by atoms with van der Waals surface area (Å²) in [6.45, 7) is 3.15. The van der Waals surface area contributed by atoms with Crippen LogP contribution in [-0.4, -0.2) is 29.2 Å². The summed E-state index contributed by atoms with van der Waals surface area (Å²) in [5, 5.41) is 3.59. The maximum absolute atomic E-state index is 5.88. The highest BCUT2D eigenvalue weighted by Crippen LogP contribution is 2.41. The zero-order chi connectivity index (χ0) is 12.8. The number of nitrogens with zero attached hydrogens (tertiary/aromatic N) is 2. The number of hydrogen-bond donors (Lipinski definition) is 1. The Morgan fingerprint density at radius 3 is 2.72 bits per heavy atom. The molecule has 18 heavy (non-hydrogen) atoms. The average Bonchev–Trinajstić information content (AvgIpc) is 2.90. The van der Waals surface area contributed by atoms with Gasteiger partial charge in [-0.15, -0.1) is 0 Å². The average molecular weight is 249 g/mol. The number of rotatable bonds is 6. The monoisotopic (exact) mass is 249 g/mol. The summed E-state index contributed by atoms with van der Waals surface area (Å²) in [5.41, 5.74) is 0.889. The van der Waals surface area contributed by atoms with Crippen LogP contribution in [0.5, 0.6) is 0 Å². The molecule has 4 heteroatoms. The highest BCUT2D eigenvalue weighted by Gasteiger charge is 2.42. The van der Waals surface area contributed by atoms with Crippen molar-refractivity contribution in [3.05, 3.63) is 24.3 Å². The van der Waals surface area contributed by atoms with Gasteiger partial charge in [-0.05, 0) is 25.8 Å². The SMILES string of the molecule is CCCNC(c1cnccn1)C1(OC)CCCC1. The molecular formula is C14H23N3O. The lowest BCUT2D eigenvalue weighted by Gasteiger charge is -2.36. The van der Waals surface area contributed by atoms with Gasteiger partial charge in [0.1, 0.15) is 0 Å².